The van der Waals surface area contributed by atoms with E-state index in [-0.39, 0.29) is 37.6 Å². The van der Waals surface area contributed by atoms with Gasteiger partial charge in [-0.3, -0.25) is 4.72 Å². The Hall–Kier alpha value is -1.71. The van der Waals surface area contributed by atoms with Gasteiger partial charge in [-0.25, -0.2) is 9.18 Å². The van der Waals surface area contributed by atoms with E-state index in [0.29, 0.717) is 0 Å². The Morgan fingerprint density at radius 1 is 1.35 bits per heavy atom. The molecule has 0 amide bonds. The maximum Gasteiger partial charge on any atom is 0.337 e. The minimum atomic E-state index is -3.94. The topological polar surface area (TPSA) is 95.9 Å². The molecule has 7 nitrogen and oxygen atoms in total. The van der Waals surface area contributed by atoms with E-state index in [1.165, 1.54) is 0 Å². The standard InChI is InChI=1S/C11H13FN2O5S/c12-8-1-2-9(11(15)16)10(7-8)13-20(17,18)14-3-5-19-6-4-14/h1-2,7,13H,3-6H2,(H,15,16). The van der Waals surface area contributed by atoms with Crippen LogP contribution in [0.4, 0.5) is 10.1 Å². The van der Waals surface area contributed by atoms with E-state index >= 15 is 0 Å². The van der Waals surface area contributed by atoms with Gasteiger partial charge in [0.1, 0.15) is 5.82 Å². The van der Waals surface area contributed by atoms with Gasteiger partial charge in [0.25, 0.3) is 0 Å². The molecule has 0 unspecified atom stereocenters. The molecule has 0 atom stereocenters. The Kier molecular flexibility index (Phi) is 4.21. The molecule has 1 fully saturated rings. The van der Waals surface area contributed by atoms with Gasteiger partial charge in [0.2, 0.25) is 0 Å². The van der Waals surface area contributed by atoms with Crippen molar-refractivity contribution in [2.45, 2.75) is 0 Å². The Morgan fingerprint density at radius 3 is 2.60 bits per heavy atom. The first-order valence-corrected chi connectivity index (χ1v) is 7.22. The van der Waals surface area contributed by atoms with Crippen molar-refractivity contribution in [1.82, 2.24) is 4.31 Å². The lowest BCUT2D eigenvalue weighted by Gasteiger charge is -2.26. The van der Waals surface area contributed by atoms with Crippen LogP contribution in [-0.2, 0) is 14.9 Å². The summed E-state index contributed by atoms with van der Waals surface area (Å²) in [5.41, 5.74) is -0.618. The first-order valence-electron chi connectivity index (χ1n) is 5.78. The minimum absolute atomic E-state index is 0.160. The molecule has 2 N–H and O–H groups in total. The highest BCUT2D eigenvalue weighted by Crippen LogP contribution is 2.20. The van der Waals surface area contributed by atoms with E-state index < -0.39 is 22.0 Å². The van der Waals surface area contributed by atoms with Crippen LogP contribution in [0.2, 0.25) is 0 Å². The number of benzene rings is 1. The largest absolute Gasteiger partial charge is 0.478 e. The van der Waals surface area contributed by atoms with E-state index in [2.05, 4.69) is 4.72 Å². The molecule has 1 aliphatic heterocycles. The maximum atomic E-state index is 13.2. The van der Waals surface area contributed by atoms with E-state index in [1.807, 2.05) is 0 Å². The van der Waals surface area contributed by atoms with Gasteiger partial charge < -0.3 is 9.84 Å². The summed E-state index contributed by atoms with van der Waals surface area (Å²) in [4.78, 5) is 11.0. The fraction of sp³-hybridized carbons (Fsp3) is 0.364. The summed E-state index contributed by atoms with van der Waals surface area (Å²) in [6.45, 7) is 0.839. The molecule has 1 aromatic rings. The quantitative estimate of drug-likeness (QED) is 0.845. The highest BCUT2D eigenvalue weighted by molar-refractivity contribution is 7.90. The van der Waals surface area contributed by atoms with Crippen LogP contribution >= 0.6 is 0 Å². The number of ether oxygens (including phenoxy) is 1. The molecule has 1 aliphatic rings. The number of rotatable bonds is 4. The second-order valence-corrected chi connectivity index (χ2v) is 5.78. The molecule has 0 saturated carbocycles. The smallest absolute Gasteiger partial charge is 0.337 e. The molecular formula is C11H13FN2O5S. The summed E-state index contributed by atoms with van der Waals surface area (Å²) in [5, 5.41) is 8.97. The number of morpholine rings is 1. The lowest BCUT2D eigenvalue weighted by Crippen LogP contribution is -2.43. The molecule has 1 saturated heterocycles. The number of nitrogens with one attached hydrogen (secondary N) is 1. The highest BCUT2D eigenvalue weighted by atomic mass is 32.2. The van der Waals surface area contributed by atoms with Crippen molar-refractivity contribution in [1.29, 1.82) is 0 Å². The van der Waals surface area contributed by atoms with Crippen LogP contribution in [0.25, 0.3) is 0 Å². The monoisotopic (exact) mass is 304 g/mol. The van der Waals surface area contributed by atoms with Crippen LogP contribution in [0.3, 0.4) is 0 Å². The zero-order valence-electron chi connectivity index (χ0n) is 10.4. The molecule has 0 aromatic heterocycles. The molecule has 1 heterocycles. The van der Waals surface area contributed by atoms with Gasteiger partial charge in [0.15, 0.2) is 0 Å². The normalized spacial score (nSPS) is 16.9. The molecular weight excluding hydrogens is 291 g/mol. The molecule has 0 bridgehead atoms. The van der Waals surface area contributed by atoms with Crippen LogP contribution in [0.1, 0.15) is 10.4 Å². The van der Waals surface area contributed by atoms with Crippen molar-refractivity contribution in [2.24, 2.45) is 0 Å². The van der Waals surface area contributed by atoms with Crippen molar-refractivity contribution in [2.75, 3.05) is 31.0 Å². The first-order chi connectivity index (χ1) is 9.40. The molecule has 0 spiro atoms. The zero-order chi connectivity index (χ0) is 14.8. The van der Waals surface area contributed by atoms with Gasteiger partial charge in [-0.1, -0.05) is 0 Å². The summed E-state index contributed by atoms with van der Waals surface area (Å²) < 4.78 is 45.6. The number of anilines is 1. The predicted octanol–water partition coefficient (Wildman–Crippen LogP) is 0.513. The summed E-state index contributed by atoms with van der Waals surface area (Å²) in [5.74, 6) is -2.07. The zero-order valence-corrected chi connectivity index (χ0v) is 11.2. The van der Waals surface area contributed by atoms with Crippen LogP contribution < -0.4 is 4.72 Å². The van der Waals surface area contributed by atoms with Gasteiger partial charge in [0.05, 0.1) is 24.5 Å². The second kappa shape index (κ2) is 5.73. The van der Waals surface area contributed by atoms with E-state index in [4.69, 9.17) is 9.84 Å². The summed E-state index contributed by atoms with van der Waals surface area (Å²) in [7, 11) is -3.94. The minimum Gasteiger partial charge on any atom is -0.478 e. The molecule has 0 radical (unpaired) electrons. The number of hydrogen-bond donors (Lipinski definition) is 2. The summed E-state index contributed by atoms with van der Waals surface area (Å²) in [6, 6.07) is 2.80. The number of carbonyl (C=O) groups is 1. The number of halogens is 1. The van der Waals surface area contributed by atoms with Crippen LogP contribution in [0.15, 0.2) is 18.2 Å². The Bertz CT molecular complexity index is 613. The van der Waals surface area contributed by atoms with Gasteiger partial charge in [-0.2, -0.15) is 12.7 Å². The molecule has 1 aromatic carbocycles. The third-order valence-electron chi connectivity index (χ3n) is 2.76. The van der Waals surface area contributed by atoms with E-state index in [1.54, 1.807) is 0 Å². The predicted molar refractivity (Wildman–Crippen MR) is 68.3 cm³/mol. The van der Waals surface area contributed by atoms with Gasteiger partial charge >= 0.3 is 16.2 Å². The fourth-order valence-corrected chi connectivity index (χ4v) is 2.98. The van der Waals surface area contributed by atoms with Crippen LogP contribution in [0, 0.1) is 5.82 Å². The van der Waals surface area contributed by atoms with Crippen molar-refractivity contribution in [3.8, 4) is 0 Å². The van der Waals surface area contributed by atoms with Crippen molar-refractivity contribution in [3.05, 3.63) is 29.6 Å². The van der Waals surface area contributed by atoms with Gasteiger partial charge in [-0.05, 0) is 18.2 Å². The van der Waals surface area contributed by atoms with Gasteiger partial charge in [0, 0.05) is 13.1 Å². The number of carboxylic acid groups (broad SMARTS) is 1. The molecule has 20 heavy (non-hydrogen) atoms. The maximum absolute atomic E-state index is 13.2. The van der Waals surface area contributed by atoms with E-state index in [9.17, 15) is 17.6 Å². The van der Waals surface area contributed by atoms with Crippen molar-refractivity contribution < 1.29 is 27.4 Å². The second-order valence-electron chi connectivity index (χ2n) is 4.11. The van der Waals surface area contributed by atoms with Crippen LogP contribution in [0.5, 0.6) is 0 Å². The summed E-state index contributed by atoms with van der Waals surface area (Å²) in [6.07, 6.45) is 0. The third kappa shape index (κ3) is 3.24. The highest BCUT2D eigenvalue weighted by Gasteiger charge is 2.26. The average molecular weight is 304 g/mol. The average Bonchev–Trinajstić information content (AvgIpc) is 2.39. The lowest BCUT2D eigenvalue weighted by molar-refractivity contribution is 0.0697. The summed E-state index contributed by atoms with van der Waals surface area (Å²) >= 11 is 0. The SMILES string of the molecule is O=C(O)c1ccc(F)cc1NS(=O)(=O)N1CCOCC1. The number of aromatic carboxylic acids is 1. The molecule has 9 heteroatoms. The lowest BCUT2D eigenvalue weighted by atomic mass is 10.2. The fourth-order valence-electron chi connectivity index (χ4n) is 1.78. The molecule has 110 valence electrons. The van der Waals surface area contributed by atoms with E-state index in [0.717, 1.165) is 22.5 Å². The number of hydrogen-bond acceptors (Lipinski definition) is 4. The Balaban J connectivity index is 2.28. The number of nitrogens with zero attached hydrogens (tertiary/aromatic N) is 1. The van der Waals surface area contributed by atoms with Crippen molar-refractivity contribution in [3.63, 3.8) is 0 Å². The van der Waals surface area contributed by atoms with Crippen molar-refractivity contribution >= 4 is 21.9 Å². The van der Waals surface area contributed by atoms with Crippen LogP contribution in [-0.4, -0.2) is 50.1 Å². The molecule has 2 rings (SSSR count). The third-order valence-corrected chi connectivity index (χ3v) is 4.28. The Labute approximate surface area is 115 Å². The number of carboxylic acids is 1. The Morgan fingerprint density at radius 2 is 2.00 bits per heavy atom. The molecule has 0 aliphatic carbocycles. The van der Waals surface area contributed by atoms with Gasteiger partial charge in [-0.15, -0.1) is 0 Å². The first kappa shape index (κ1) is 14.7.